The first-order valence-corrected chi connectivity index (χ1v) is 9.10. The Hall–Kier alpha value is -1.92. The second-order valence-electron chi connectivity index (χ2n) is 6.77. The highest BCUT2D eigenvalue weighted by Crippen LogP contribution is 2.20. The normalized spacial score (nSPS) is 22.6. The highest BCUT2D eigenvalue weighted by molar-refractivity contribution is 5.84. The number of hydrogen-bond acceptors (Lipinski definition) is 4. The Morgan fingerprint density at radius 2 is 1.92 bits per heavy atom. The van der Waals surface area contributed by atoms with Gasteiger partial charge < -0.3 is 15.0 Å². The van der Waals surface area contributed by atoms with E-state index in [1.165, 1.54) is 0 Å². The number of hydrogen-bond donors (Lipinski definition) is 1. The molecular weight excluding hydrogens is 318 g/mol. The van der Waals surface area contributed by atoms with E-state index in [0.717, 1.165) is 24.9 Å². The van der Waals surface area contributed by atoms with Crippen LogP contribution >= 0.6 is 0 Å². The summed E-state index contributed by atoms with van der Waals surface area (Å²) in [6, 6.07) is 9.70. The minimum absolute atomic E-state index is 0.0296. The minimum Gasteiger partial charge on any atom is -0.378 e. The molecule has 2 atom stereocenters. The molecule has 0 saturated carbocycles. The highest BCUT2D eigenvalue weighted by atomic mass is 16.5. The molecule has 1 N–H and O–H groups in total. The monoisotopic (exact) mass is 345 g/mol. The SMILES string of the molecule is CC(NC(=O)CN1CCCC1C(=O)N1CCOCC1)c1ccccc1. The summed E-state index contributed by atoms with van der Waals surface area (Å²) in [7, 11) is 0. The van der Waals surface area contributed by atoms with Crippen LogP contribution in [0, 0.1) is 0 Å². The van der Waals surface area contributed by atoms with Crippen molar-refractivity contribution >= 4 is 11.8 Å². The molecule has 0 aromatic heterocycles. The second kappa shape index (κ2) is 8.45. The van der Waals surface area contributed by atoms with Gasteiger partial charge in [0.05, 0.1) is 31.8 Å². The van der Waals surface area contributed by atoms with E-state index < -0.39 is 0 Å². The molecule has 2 aliphatic rings. The topological polar surface area (TPSA) is 61.9 Å². The highest BCUT2D eigenvalue weighted by Gasteiger charge is 2.35. The number of carbonyl (C=O) groups is 2. The van der Waals surface area contributed by atoms with E-state index in [0.29, 0.717) is 26.3 Å². The third kappa shape index (κ3) is 4.58. The minimum atomic E-state index is -0.170. The summed E-state index contributed by atoms with van der Waals surface area (Å²) < 4.78 is 5.32. The molecule has 2 aliphatic heterocycles. The van der Waals surface area contributed by atoms with Crippen LogP contribution in [-0.2, 0) is 14.3 Å². The maximum Gasteiger partial charge on any atom is 0.240 e. The van der Waals surface area contributed by atoms with E-state index >= 15 is 0 Å². The summed E-state index contributed by atoms with van der Waals surface area (Å²) >= 11 is 0. The Kier molecular flexibility index (Phi) is 6.04. The fourth-order valence-corrected chi connectivity index (χ4v) is 3.59. The van der Waals surface area contributed by atoms with Crippen LogP contribution in [0.2, 0.25) is 0 Å². The predicted molar refractivity (Wildman–Crippen MR) is 95.0 cm³/mol. The van der Waals surface area contributed by atoms with Crippen LogP contribution in [0.4, 0.5) is 0 Å². The molecule has 0 bridgehead atoms. The van der Waals surface area contributed by atoms with Gasteiger partial charge in [-0.2, -0.15) is 0 Å². The van der Waals surface area contributed by atoms with Crippen LogP contribution in [0.5, 0.6) is 0 Å². The summed E-state index contributed by atoms with van der Waals surface area (Å²) in [5.41, 5.74) is 1.08. The third-order valence-corrected chi connectivity index (χ3v) is 5.00. The van der Waals surface area contributed by atoms with Gasteiger partial charge in [0.1, 0.15) is 0 Å². The van der Waals surface area contributed by atoms with E-state index in [2.05, 4.69) is 5.32 Å². The first kappa shape index (κ1) is 17.9. The van der Waals surface area contributed by atoms with Gasteiger partial charge in [0.2, 0.25) is 11.8 Å². The third-order valence-electron chi connectivity index (χ3n) is 5.00. The van der Waals surface area contributed by atoms with Gasteiger partial charge in [0.15, 0.2) is 0 Å². The molecule has 1 aromatic carbocycles. The van der Waals surface area contributed by atoms with Gasteiger partial charge in [0.25, 0.3) is 0 Å². The van der Waals surface area contributed by atoms with Crippen molar-refractivity contribution < 1.29 is 14.3 Å². The standard InChI is InChI=1S/C19H27N3O3/c1-15(16-6-3-2-4-7-16)20-18(23)14-22-9-5-8-17(22)19(24)21-10-12-25-13-11-21/h2-4,6-7,15,17H,5,8-14H2,1H3,(H,20,23). The molecule has 2 fully saturated rings. The van der Waals surface area contributed by atoms with Crippen LogP contribution in [0.25, 0.3) is 0 Å². The summed E-state index contributed by atoms with van der Waals surface area (Å²) in [6.45, 7) is 5.57. The molecule has 0 radical (unpaired) electrons. The summed E-state index contributed by atoms with van der Waals surface area (Å²) in [5.74, 6) is 0.114. The van der Waals surface area contributed by atoms with Crippen molar-refractivity contribution in [2.45, 2.75) is 31.8 Å². The Balaban J connectivity index is 1.53. The van der Waals surface area contributed by atoms with E-state index in [1.807, 2.05) is 47.1 Å². The molecule has 6 heteroatoms. The van der Waals surface area contributed by atoms with E-state index in [1.54, 1.807) is 0 Å². The Morgan fingerprint density at radius 1 is 1.20 bits per heavy atom. The van der Waals surface area contributed by atoms with Gasteiger partial charge in [-0.3, -0.25) is 14.5 Å². The van der Waals surface area contributed by atoms with Crippen molar-refractivity contribution in [1.82, 2.24) is 15.1 Å². The lowest BCUT2D eigenvalue weighted by Gasteiger charge is -2.32. The number of carbonyl (C=O) groups excluding carboxylic acids is 2. The number of nitrogens with zero attached hydrogens (tertiary/aromatic N) is 2. The van der Waals surface area contributed by atoms with Gasteiger partial charge >= 0.3 is 0 Å². The molecule has 0 spiro atoms. The lowest BCUT2D eigenvalue weighted by molar-refractivity contribution is -0.140. The van der Waals surface area contributed by atoms with Crippen molar-refractivity contribution in [3.63, 3.8) is 0 Å². The molecule has 2 saturated heterocycles. The number of rotatable bonds is 5. The van der Waals surface area contributed by atoms with Gasteiger partial charge in [-0.25, -0.2) is 0 Å². The van der Waals surface area contributed by atoms with E-state index in [-0.39, 0.29) is 30.4 Å². The number of ether oxygens (including phenoxy) is 1. The Labute approximate surface area is 149 Å². The van der Waals surface area contributed by atoms with Gasteiger partial charge in [-0.05, 0) is 31.9 Å². The van der Waals surface area contributed by atoms with Gasteiger partial charge in [0, 0.05) is 13.1 Å². The molecule has 2 amide bonds. The van der Waals surface area contributed by atoms with Crippen molar-refractivity contribution in [2.24, 2.45) is 0 Å². The molecule has 1 aromatic rings. The smallest absolute Gasteiger partial charge is 0.240 e. The molecule has 0 aliphatic carbocycles. The fraction of sp³-hybridized carbons (Fsp3) is 0.579. The first-order chi connectivity index (χ1) is 12.1. The Morgan fingerprint density at radius 3 is 2.64 bits per heavy atom. The van der Waals surface area contributed by atoms with Crippen LogP contribution in [-0.4, -0.2) is 67.0 Å². The molecule has 3 rings (SSSR count). The van der Waals surface area contributed by atoms with Crippen molar-refractivity contribution in [1.29, 1.82) is 0 Å². The largest absolute Gasteiger partial charge is 0.378 e. The zero-order valence-corrected chi connectivity index (χ0v) is 14.8. The van der Waals surface area contributed by atoms with E-state index in [9.17, 15) is 9.59 Å². The summed E-state index contributed by atoms with van der Waals surface area (Å²) in [6.07, 6.45) is 1.79. The number of likely N-dealkylation sites (tertiary alicyclic amines) is 1. The van der Waals surface area contributed by atoms with E-state index in [4.69, 9.17) is 4.74 Å². The van der Waals surface area contributed by atoms with Crippen LogP contribution in [0.1, 0.15) is 31.4 Å². The first-order valence-electron chi connectivity index (χ1n) is 9.10. The number of nitrogens with one attached hydrogen (secondary N) is 1. The molecule has 2 unspecified atom stereocenters. The fourth-order valence-electron chi connectivity index (χ4n) is 3.59. The molecular formula is C19H27N3O3. The molecule has 25 heavy (non-hydrogen) atoms. The Bertz CT molecular complexity index is 587. The van der Waals surface area contributed by atoms with Crippen LogP contribution < -0.4 is 5.32 Å². The van der Waals surface area contributed by atoms with Crippen molar-refractivity contribution in [2.75, 3.05) is 39.4 Å². The van der Waals surface area contributed by atoms with Crippen LogP contribution in [0.3, 0.4) is 0 Å². The maximum absolute atomic E-state index is 12.7. The van der Waals surface area contributed by atoms with Crippen LogP contribution in [0.15, 0.2) is 30.3 Å². The van der Waals surface area contributed by atoms with Crippen molar-refractivity contribution in [3.05, 3.63) is 35.9 Å². The summed E-state index contributed by atoms with van der Waals surface area (Å²) in [5, 5.41) is 3.04. The summed E-state index contributed by atoms with van der Waals surface area (Å²) in [4.78, 5) is 29.1. The van der Waals surface area contributed by atoms with Crippen molar-refractivity contribution in [3.8, 4) is 0 Å². The zero-order valence-electron chi connectivity index (χ0n) is 14.8. The maximum atomic E-state index is 12.7. The molecule has 2 heterocycles. The number of benzene rings is 1. The molecule has 136 valence electrons. The lowest BCUT2D eigenvalue weighted by Crippen LogP contribution is -2.51. The average molecular weight is 345 g/mol. The molecule has 6 nitrogen and oxygen atoms in total. The van der Waals surface area contributed by atoms with Gasteiger partial charge in [-0.15, -0.1) is 0 Å². The predicted octanol–water partition coefficient (Wildman–Crippen LogP) is 1.19. The number of amides is 2. The van der Waals surface area contributed by atoms with Gasteiger partial charge in [-0.1, -0.05) is 30.3 Å². The number of morpholine rings is 1. The average Bonchev–Trinajstić information content (AvgIpc) is 3.10. The zero-order chi connectivity index (χ0) is 17.6. The second-order valence-corrected chi connectivity index (χ2v) is 6.77. The lowest BCUT2D eigenvalue weighted by atomic mass is 10.1. The quantitative estimate of drug-likeness (QED) is 0.871.